The minimum absolute atomic E-state index is 0.0233. The van der Waals surface area contributed by atoms with Crippen LogP contribution in [0.25, 0.3) is 0 Å². The number of ether oxygens (including phenoxy) is 2. The molecule has 4 heteroatoms. The summed E-state index contributed by atoms with van der Waals surface area (Å²) in [5.41, 5.74) is 6.90. The van der Waals surface area contributed by atoms with E-state index < -0.39 is 0 Å². The number of aromatic nitrogens is 1. The van der Waals surface area contributed by atoms with Crippen LogP contribution < -0.4 is 10.5 Å². The van der Waals surface area contributed by atoms with Crippen LogP contribution in [0.3, 0.4) is 0 Å². The Morgan fingerprint density at radius 1 is 1.43 bits per heavy atom. The summed E-state index contributed by atoms with van der Waals surface area (Å²) in [6, 6.07) is 3.81. The first kappa shape index (κ1) is 10.9. The molecule has 2 N–H and O–H groups in total. The minimum Gasteiger partial charge on any atom is -0.481 e. The fourth-order valence-corrected chi connectivity index (χ4v) is 1.23. The van der Waals surface area contributed by atoms with Gasteiger partial charge in [-0.2, -0.15) is 0 Å². The molecule has 1 rings (SSSR count). The highest BCUT2D eigenvalue weighted by Gasteiger charge is 2.03. The topological polar surface area (TPSA) is 57.4 Å². The van der Waals surface area contributed by atoms with Gasteiger partial charge in [-0.3, -0.25) is 0 Å². The van der Waals surface area contributed by atoms with Gasteiger partial charge in [-0.15, -0.1) is 0 Å². The van der Waals surface area contributed by atoms with Gasteiger partial charge in [-0.25, -0.2) is 4.98 Å². The third-order valence-corrected chi connectivity index (χ3v) is 1.89. The van der Waals surface area contributed by atoms with Crippen LogP contribution in [0, 0.1) is 0 Å². The highest BCUT2D eigenvalue weighted by atomic mass is 16.5. The maximum atomic E-state index is 5.80. The van der Waals surface area contributed by atoms with Crippen LogP contribution >= 0.6 is 0 Å². The number of methoxy groups -OCH3 is 2. The van der Waals surface area contributed by atoms with Crippen molar-refractivity contribution in [2.75, 3.05) is 20.8 Å². The smallest absolute Gasteiger partial charge is 0.212 e. The molecule has 0 saturated heterocycles. The van der Waals surface area contributed by atoms with E-state index in [9.17, 15) is 0 Å². The van der Waals surface area contributed by atoms with Crippen LogP contribution in [0.4, 0.5) is 0 Å². The molecule has 0 aliphatic rings. The number of rotatable bonds is 5. The zero-order chi connectivity index (χ0) is 10.4. The van der Waals surface area contributed by atoms with Crippen molar-refractivity contribution in [1.29, 1.82) is 0 Å². The predicted molar refractivity (Wildman–Crippen MR) is 54.3 cm³/mol. The molecule has 0 bridgehead atoms. The molecule has 0 aliphatic heterocycles. The first-order valence-electron chi connectivity index (χ1n) is 4.49. The van der Waals surface area contributed by atoms with Crippen LogP contribution in [0.15, 0.2) is 18.3 Å². The molecule has 1 unspecified atom stereocenters. The fraction of sp³-hybridized carbons (Fsp3) is 0.500. The molecular formula is C10H16N2O2. The normalized spacial score (nSPS) is 12.5. The van der Waals surface area contributed by atoms with Gasteiger partial charge >= 0.3 is 0 Å². The van der Waals surface area contributed by atoms with Gasteiger partial charge < -0.3 is 15.2 Å². The maximum Gasteiger partial charge on any atom is 0.212 e. The van der Waals surface area contributed by atoms with E-state index in [1.807, 2.05) is 12.1 Å². The van der Waals surface area contributed by atoms with E-state index in [1.54, 1.807) is 20.4 Å². The first-order chi connectivity index (χ1) is 6.76. The Labute approximate surface area is 84.0 Å². The van der Waals surface area contributed by atoms with Crippen molar-refractivity contribution < 1.29 is 9.47 Å². The maximum absolute atomic E-state index is 5.80. The van der Waals surface area contributed by atoms with Crippen molar-refractivity contribution >= 4 is 0 Å². The molecule has 14 heavy (non-hydrogen) atoms. The number of pyridine rings is 1. The number of nitrogens with two attached hydrogens (primary N) is 1. The van der Waals surface area contributed by atoms with Crippen LogP contribution in [-0.4, -0.2) is 31.9 Å². The average molecular weight is 196 g/mol. The van der Waals surface area contributed by atoms with Gasteiger partial charge in [-0.1, -0.05) is 6.07 Å². The van der Waals surface area contributed by atoms with Gasteiger partial charge in [-0.05, 0) is 12.0 Å². The molecule has 78 valence electrons. The third-order valence-electron chi connectivity index (χ3n) is 1.89. The van der Waals surface area contributed by atoms with Crippen molar-refractivity contribution in [2.24, 2.45) is 5.73 Å². The summed E-state index contributed by atoms with van der Waals surface area (Å²) in [6.45, 7) is 0.562. The van der Waals surface area contributed by atoms with Gasteiger partial charge in [0.25, 0.3) is 0 Å². The summed E-state index contributed by atoms with van der Waals surface area (Å²) < 4.78 is 9.91. The Balaban J connectivity index is 2.50. The largest absolute Gasteiger partial charge is 0.481 e. The first-order valence-corrected chi connectivity index (χ1v) is 4.49. The molecule has 0 spiro atoms. The quantitative estimate of drug-likeness (QED) is 0.749. The molecule has 1 aromatic heterocycles. The van der Waals surface area contributed by atoms with Gasteiger partial charge in [0.05, 0.1) is 13.7 Å². The monoisotopic (exact) mass is 196 g/mol. The molecule has 1 aromatic rings. The Bertz CT molecular complexity index is 261. The van der Waals surface area contributed by atoms with Crippen LogP contribution in [0.1, 0.15) is 5.56 Å². The Hall–Kier alpha value is -1.13. The van der Waals surface area contributed by atoms with Crippen LogP contribution in [-0.2, 0) is 11.2 Å². The van der Waals surface area contributed by atoms with Crippen molar-refractivity contribution in [3.63, 3.8) is 0 Å². The number of nitrogens with zero attached hydrogens (tertiary/aromatic N) is 1. The lowest BCUT2D eigenvalue weighted by Gasteiger charge is -2.09. The second-order valence-corrected chi connectivity index (χ2v) is 3.13. The van der Waals surface area contributed by atoms with E-state index >= 15 is 0 Å². The summed E-state index contributed by atoms with van der Waals surface area (Å²) in [5, 5.41) is 0. The summed E-state index contributed by atoms with van der Waals surface area (Å²) in [6.07, 6.45) is 2.54. The van der Waals surface area contributed by atoms with Gasteiger partial charge in [0, 0.05) is 25.4 Å². The minimum atomic E-state index is 0.0233. The van der Waals surface area contributed by atoms with E-state index in [0.29, 0.717) is 12.5 Å². The zero-order valence-corrected chi connectivity index (χ0v) is 8.56. The molecule has 0 radical (unpaired) electrons. The average Bonchev–Trinajstić information content (AvgIpc) is 2.19. The van der Waals surface area contributed by atoms with Crippen LogP contribution in [0.2, 0.25) is 0 Å². The summed E-state index contributed by atoms with van der Waals surface area (Å²) >= 11 is 0. The molecular weight excluding hydrogens is 180 g/mol. The van der Waals surface area contributed by atoms with Crippen molar-refractivity contribution in [3.8, 4) is 5.88 Å². The molecule has 1 heterocycles. The fourth-order valence-electron chi connectivity index (χ4n) is 1.23. The molecule has 0 aromatic carbocycles. The second-order valence-electron chi connectivity index (χ2n) is 3.13. The van der Waals surface area contributed by atoms with Crippen molar-refractivity contribution in [1.82, 2.24) is 4.98 Å². The molecule has 0 saturated carbocycles. The molecule has 0 amide bonds. The van der Waals surface area contributed by atoms with Crippen molar-refractivity contribution in [2.45, 2.75) is 12.5 Å². The van der Waals surface area contributed by atoms with E-state index in [1.165, 1.54) is 0 Å². The van der Waals surface area contributed by atoms with Crippen molar-refractivity contribution in [3.05, 3.63) is 23.9 Å². The Kier molecular flexibility index (Phi) is 4.35. The molecule has 0 fully saturated rings. The lowest BCUT2D eigenvalue weighted by Crippen LogP contribution is -2.27. The van der Waals surface area contributed by atoms with E-state index in [-0.39, 0.29) is 6.04 Å². The lowest BCUT2D eigenvalue weighted by atomic mass is 10.1. The number of hydrogen-bond donors (Lipinski definition) is 1. The lowest BCUT2D eigenvalue weighted by molar-refractivity contribution is 0.180. The number of hydrogen-bond acceptors (Lipinski definition) is 4. The summed E-state index contributed by atoms with van der Waals surface area (Å²) in [4.78, 5) is 4.09. The second kappa shape index (κ2) is 5.57. The Morgan fingerprint density at radius 2 is 2.21 bits per heavy atom. The van der Waals surface area contributed by atoms with Gasteiger partial charge in [0.15, 0.2) is 0 Å². The SMILES string of the molecule is COCC(N)Cc1ccc(OC)nc1. The van der Waals surface area contributed by atoms with Gasteiger partial charge in [0.2, 0.25) is 5.88 Å². The van der Waals surface area contributed by atoms with E-state index in [0.717, 1.165) is 12.0 Å². The highest BCUT2D eigenvalue weighted by molar-refractivity contribution is 5.18. The summed E-state index contributed by atoms with van der Waals surface area (Å²) in [5.74, 6) is 0.620. The summed E-state index contributed by atoms with van der Waals surface area (Å²) in [7, 11) is 3.24. The molecule has 4 nitrogen and oxygen atoms in total. The standard InChI is InChI=1S/C10H16N2O2/c1-13-7-9(11)5-8-3-4-10(14-2)12-6-8/h3-4,6,9H,5,7,11H2,1-2H3. The third kappa shape index (κ3) is 3.32. The van der Waals surface area contributed by atoms with E-state index in [4.69, 9.17) is 15.2 Å². The predicted octanol–water partition coefficient (Wildman–Crippen LogP) is 0.606. The van der Waals surface area contributed by atoms with Crippen LogP contribution in [0.5, 0.6) is 5.88 Å². The molecule has 0 aliphatic carbocycles. The zero-order valence-electron chi connectivity index (χ0n) is 8.56. The Morgan fingerprint density at radius 3 is 2.71 bits per heavy atom. The van der Waals surface area contributed by atoms with Gasteiger partial charge in [0.1, 0.15) is 0 Å². The van der Waals surface area contributed by atoms with E-state index in [2.05, 4.69) is 4.98 Å². The highest BCUT2D eigenvalue weighted by Crippen LogP contribution is 2.07. The molecule has 1 atom stereocenters.